The Morgan fingerprint density at radius 3 is 2.07 bits per heavy atom. The quantitative estimate of drug-likeness (QED) is 0.706. The van der Waals surface area contributed by atoms with Crippen LogP contribution in [0.25, 0.3) is 0 Å². The number of carbonyl (C=O) groups is 1. The van der Waals surface area contributed by atoms with E-state index in [1.54, 1.807) is 24.3 Å². The van der Waals surface area contributed by atoms with E-state index in [-0.39, 0.29) is 23.0 Å². The molecule has 1 aliphatic rings. The van der Waals surface area contributed by atoms with Crippen molar-refractivity contribution in [1.29, 1.82) is 0 Å². The Labute approximate surface area is 180 Å². The van der Waals surface area contributed by atoms with Gasteiger partial charge in [0.25, 0.3) is 0 Å². The third-order valence-electron chi connectivity index (χ3n) is 6.53. The van der Waals surface area contributed by atoms with Crippen molar-refractivity contribution >= 4 is 15.8 Å². The molecule has 0 saturated carbocycles. The molecule has 1 aliphatic carbocycles. The van der Waals surface area contributed by atoms with Gasteiger partial charge in [-0.05, 0) is 70.9 Å². The van der Waals surface area contributed by atoms with Gasteiger partial charge >= 0.3 is 5.97 Å². The SMILES string of the molecule is Cc1cc2c(c(C)c1S(=O)(=O)Cc1ccc(CC(=O)O)cc1)C(C)(C)CCC2(C)C. The summed E-state index contributed by atoms with van der Waals surface area (Å²) in [5.74, 6) is -0.994. The molecule has 0 heterocycles. The topological polar surface area (TPSA) is 71.4 Å². The van der Waals surface area contributed by atoms with Gasteiger partial charge in [0.05, 0.1) is 17.1 Å². The number of rotatable bonds is 5. The van der Waals surface area contributed by atoms with Crippen LogP contribution in [-0.2, 0) is 37.6 Å². The van der Waals surface area contributed by atoms with Crippen LogP contribution in [-0.4, -0.2) is 19.5 Å². The van der Waals surface area contributed by atoms with Crippen LogP contribution in [0.1, 0.15) is 73.9 Å². The first kappa shape index (κ1) is 22.5. The molecule has 0 saturated heterocycles. The maximum absolute atomic E-state index is 13.5. The number of carboxylic acid groups (broad SMARTS) is 1. The summed E-state index contributed by atoms with van der Waals surface area (Å²) in [4.78, 5) is 11.3. The van der Waals surface area contributed by atoms with Gasteiger partial charge in [0.2, 0.25) is 0 Å². The summed E-state index contributed by atoms with van der Waals surface area (Å²) in [5.41, 5.74) is 5.43. The molecule has 4 nitrogen and oxygen atoms in total. The van der Waals surface area contributed by atoms with Crippen molar-refractivity contribution in [2.45, 2.75) is 82.3 Å². The number of benzene rings is 2. The highest BCUT2D eigenvalue weighted by Crippen LogP contribution is 2.49. The molecule has 2 aromatic carbocycles. The van der Waals surface area contributed by atoms with E-state index in [1.807, 2.05) is 13.8 Å². The zero-order valence-electron chi connectivity index (χ0n) is 18.8. The van der Waals surface area contributed by atoms with Gasteiger partial charge < -0.3 is 5.11 Å². The van der Waals surface area contributed by atoms with Gasteiger partial charge in [-0.3, -0.25) is 4.79 Å². The lowest BCUT2D eigenvalue weighted by atomic mass is 9.62. The standard InChI is InChI=1S/C25H32O4S/c1-16-13-20-22(25(5,6)12-11-24(20,3)4)17(2)23(16)30(28,29)15-19-9-7-18(8-10-19)14-21(26)27/h7-10,13H,11-12,14-15H2,1-6H3,(H,26,27). The van der Waals surface area contributed by atoms with Crippen LogP contribution in [0.4, 0.5) is 0 Å². The van der Waals surface area contributed by atoms with E-state index in [0.717, 1.165) is 24.0 Å². The summed E-state index contributed by atoms with van der Waals surface area (Å²) in [6.45, 7) is 12.8. The lowest BCUT2D eigenvalue weighted by Gasteiger charge is -2.43. The summed E-state index contributed by atoms with van der Waals surface area (Å²) in [5, 5.41) is 8.91. The van der Waals surface area contributed by atoms with Crippen LogP contribution in [0.5, 0.6) is 0 Å². The van der Waals surface area contributed by atoms with Crippen molar-refractivity contribution in [2.24, 2.45) is 0 Å². The minimum Gasteiger partial charge on any atom is -0.481 e. The Hall–Kier alpha value is -2.14. The number of hydrogen-bond donors (Lipinski definition) is 1. The van der Waals surface area contributed by atoms with E-state index in [0.29, 0.717) is 16.0 Å². The Kier molecular flexibility index (Phi) is 5.65. The number of aryl methyl sites for hydroxylation is 1. The Balaban J connectivity index is 2.06. The molecule has 0 aromatic heterocycles. The summed E-state index contributed by atoms with van der Waals surface area (Å²) in [6, 6.07) is 8.90. The molecule has 0 bridgehead atoms. The molecule has 0 spiro atoms. The van der Waals surface area contributed by atoms with E-state index in [1.165, 1.54) is 11.1 Å². The van der Waals surface area contributed by atoms with Crippen LogP contribution < -0.4 is 0 Å². The first-order chi connectivity index (χ1) is 13.7. The fourth-order valence-corrected chi connectivity index (χ4v) is 6.85. The van der Waals surface area contributed by atoms with Crippen LogP contribution >= 0.6 is 0 Å². The molecule has 0 amide bonds. The van der Waals surface area contributed by atoms with Crippen molar-refractivity contribution in [2.75, 3.05) is 0 Å². The van der Waals surface area contributed by atoms with Crippen LogP contribution in [0.2, 0.25) is 0 Å². The van der Waals surface area contributed by atoms with E-state index in [9.17, 15) is 13.2 Å². The first-order valence-electron chi connectivity index (χ1n) is 10.4. The molecule has 0 atom stereocenters. The van der Waals surface area contributed by atoms with Gasteiger partial charge in [-0.1, -0.05) is 58.0 Å². The average molecular weight is 429 g/mol. The Morgan fingerprint density at radius 2 is 1.50 bits per heavy atom. The van der Waals surface area contributed by atoms with Crippen molar-refractivity contribution < 1.29 is 18.3 Å². The minimum atomic E-state index is -3.55. The lowest BCUT2D eigenvalue weighted by Crippen LogP contribution is -2.35. The number of fused-ring (bicyclic) bond motifs is 1. The molecule has 162 valence electrons. The molecule has 3 rings (SSSR count). The third-order valence-corrected chi connectivity index (χ3v) is 8.49. The van der Waals surface area contributed by atoms with E-state index in [2.05, 4.69) is 33.8 Å². The molecular formula is C25H32O4S. The highest BCUT2D eigenvalue weighted by molar-refractivity contribution is 7.90. The van der Waals surface area contributed by atoms with Crippen LogP contribution in [0, 0.1) is 13.8 Å². The van der Waals surface area contributed by atoms with Gasteiger partial charge in [-0.15, -0.1) is 0 Å². The molecule has 1 N–H and O–H groups in total. The molecule has 0 unspecified atom stereocenters. The van der Waals surface area contributed by atoms with Crippen molar-refractivity contribution in [1.82, 2.24) is 0 Å². The zero-order valence-corrected chi connectivity index (χ0v) is 19.6. The predicted molar refractivity (Wildman–Crippen MR) is 120 cm³/mol. The number of carboxylic acids is 1. The highest BCUT2D eigenvalue weighted by Gasteiger charge is 2.40. The fraction of sp³-hybridized carbons (Fsp3) is 0.480. The molecule has 0 aliphatic heterocycles. The predicted octanol–water partition coefficient (Wildman–Crippen LogP) is 5.25. The van der Waals surface area contributed by atoms with Crippen LogP contribution in [0.15, 0.2) is 35.2 Å². The Morgan fingerprint density at radius 1 is 0.967 bits per heavy atom. The average Bonchev–Trinajstić information content (AvgIpc) is 2.59. The molecular weight excluding hydrogens is 396 g/mol. The second kappa shape index (κ2) is 7.52. The lowest BCUT2D eigenvalue weighted by molar-refractivity contribution is -0.136. The monoisotopic (exact) mass is 428 g/mol. The smallest absolute Gasteiger partial charge is 0.307 e. The number of aliphatic carboxylic acids is 1. The highest BCUT2D eigenvalue weighted by atomic mass is 32.2. The molecule has 5 heteroatoms. The first-order valence-corrected chi connectivity index (χ1v) is 12.1. The number of hydrogen-bond acceptors (Lipinski definition) is 3. The van der Waals surface area contributed by atoms with Gasteiger partial charge in [0, 0.05) is 0 Å². The molecule has 30 heavy (non-hydrogen) atoms. The summed E-state index contributed by atoms with van der Waals surface area (Å²) in [7, 11) is -3.55. The second-order valence-electron chi connectivity index (χ2n) is 9.98. The van der Waals surface area contributed by atoms with Gasteiger partial charge in [-0.25, -0.2) is 8.42 Å². The van der Waals surface area contributed by atoms with Gasteiger partial charge in [-0.2, -0.15) is 0 Å². The summed E-state index contributed by atoms with van der Waals surface area (Å²) < 4.78 is 26.9. The molecule has 2 aromatic rings. The van der Waals surface area contributed by atoms with Gasteiger partial charge in [0.15, 0.2) is 9.84 Å². The summed E-state index contributed by atoms with van der Waals surface area (Å²) >= 11 is 0. The van der Waals surface area contributed by atoms with E-state index in [4.69, 9.17) is 5.11 Å². The second-order valence-corrected chi connectivity index (χ2v) is 11.9. The van der Waals surface area contributed by atoms with E-state index >= 15 is 0 Å². The van der Waals surface area contributed by atoms with Crippen LogP contribution in [0.3, 0.4) is 0 Å². The summed E-state index contributed by atoms with van der Waals surface area (Å²) in [6.07, 6.45) is 2.04. The van der Waals surface area contributed by atoms with Crippen molar-refractivity contribution in [3.05, 3.63) is 63.7 Å². The van der Waals surface area contributed by atoms with Crippen molar-refractivity contribution in [3.8, 4) is 0 Å². The minimum absolute atomic E-state index is 0.0304. The third kappa shape index (κ3) is 4.18. The number of sulfone groups is 1. The molecule has 0 fully saturated rings. The molecule has 0 radical (unpaired) electrons. The van der Waals surface area contributed by atoms with E-state index < -0.39 is 15.8 Å². The maximum atomic E-state index is 13.5. The normalized spacial score (nSPS) is 17.4. The fourth-order valence-electron chi connectivity index (χ4n) is 4.95. The largest absolute Gasteiger partial charge is 0.481 e. The maximum Gasteiger partial charge on any atom is 0.307 e. The van der Waals surface area contributed by atoms with Gasteiger partial charge in [0.1, 0.15) is 0 Å². The zero-order chi connectivity index (χ0) is 22.5. The Bertz CT molecular complexity index is 1090. The van der Waals surface area contributed by atoms with Crippen molar-refractivity contribution in [3.63, 3.8) is 0 Å².